The van der Waals surface area contributed by atoms with Crippen molar-refractivity contribution in [3.8, 4) is 17.6 Å². The van der Waals surface area contributed by atoms with E-state index in [4.69, 9.17) is 10.5 Å². The average molecular weight is 364 g/mol. The molecule has 1 aromatic heterocycles. The van der Waals surface area contributed by atoms with Crippen LogP contribution in [0.1, 0.15) is 22.7 Å². The Labute approximate surface area is 153 Å². The number of para-hydroxylation sites is 1. The van der Waals surface area contributed by atoms with E-state index in [1.807, 2.05) is 36.4 Å². The number of aryl methyl sites for hydroxylation is 1. The molecule has 0 amide bonds. The molecule has 0 radical (unpaired) electrons. The number of fused-ring (bicyclic) bond motifs is 1. The molecule has 2 N–H and O–H groups in total. The molecule has 3 aromatic rings. The average Bonchev–Trinajstić information content (AvgIpc) is 2.98. The second-order valence-corrected chi connectivity index (χ2v) is 6.11. The van der Waals surface area contributed by atoms with E-state index >= 15 is 0 Å². The van der Waals surface area contributed by atoms with Crippen molar-refractivity contribution in [3.63, 3.8) is 0 Å². The van der Waals surface area contributed by atoms with Crippen molar-refractivity contribution in [3.05, 3.63) is 88.4 Å². The monoisotopic (exact) mass is 364 g/mol. The first-order valence-electron chi connectivity index (χ1n) is 8.19. The summed E-state index contributed by atoms with van der Waals surface area (Å²) in [7, 11) is 0. The fourth-order valence-electron chi connectivity index (χ4n) is 3.33. The maximum absolute atomic E-state index is 14.5. The van der Waals surface area contributed by atoms with Crippen molar-refractivity contribution in [2.45, 2.75) is 12.8 Å². The van der Waals surface area contributed by atoms with Gasteiger partial charge in [0.1, 0.15) is 23.3 Å². The van der Waals surface area contributed by atoms with Gasteiger partial charge in [-0.1, -0.05) is 24.3 Å². The highest BCUT2D eigenvalue weighted by Gasteiger charge is 2.38. The number of aromatic nitrogens is 2. The Morgan fingerprint density at radius 2 is 1.74 bits per heavy atom. The van der Waals surface area contributed by atoms with Crippen molar-refractivity contribution in [1.82, 2.24) is 9.78 Å². The fraction of sp³-hybridized carbons (Fsp3) is 0.100. The van der Waals surface area contributed by atoms with Gasteiger partial charge in [0, 0.05) is 5.56 Å². The van der Waals surface area contributed by atoms with Gasteiger partial charge in [0.05, 0.1) is 22.9 Å². The molecule has 1 atom stereocenters. The molecule has 134 valence electrons. The van der Waals surface area contributed by atoms with Crippen LogP contribution in [0.4, 0.5) is 8.78 Å². The molecule has 4 rings (SSSR count). The number of benzene rings is 2. The molecule has 1 unspecified atom stereocenters. The molecule has 1 aliphatic rings. The predicted molar refractivity (Wildman–Crippen MR) is 94.0 cm³/mol. The van der Waals surface area contributed by atoms with Gasteiger partial charge in [-0.25, -0.2) is 13.5 Å². The fourth-order valence-corrected chi connectivity index (χ4v) is 3.33. The Morgan fingerprint density at radius 1 is 1.07 bits per heavy atom. The van der Waals surface area contributed by atoms with Crippen LogP contribution in [0, 0.1) is 29.9 Å². The first-order chi connectivity index (χ1) is 13.0. The van der Waals surface area contributed by atoms with Gasteiger partial charge in [0.15, 0.2) is 0 Å². The lowest BCUT2D eigenvalue weighted by Gasteiger charge is -2.25. The highest BCUT2D eigenvalue weighted by molar-refractivity contribution is 5.57. The van der Waals surface area contributed by atoms with Crippen LogP contribution < -0.4 is 10.5 Å². The van der Waals surface area contributed by atoms with E-state index in [2.05, 4.69) is 5.10 Å². The van der Waals surface area contributed by atoms with Gasteiger partial charge >= 0.3 is 0 Å². The van der Waals surface area contributed by atoms with Gasteiger partial charge in [-0.2, -0.15) is 10.4 Å². The Hall–Kier alpha value is -3.66. The minimum atomic E-state index is -1.04. The van der Waals surface area contributed by atoms with E-state index in [0.717, 1.165) is 12.1 Å². The highest BCUT2D eigenvalue weighted by atomic mass is 19.1. The standard InChI is InChI=1S/C20H14F2N4O/c1-11-16-17(18-14(21)8-5-9-15(18)22)13(10-23)19(24)27-20(16)26(25-11)12-6-3-2-4-7-12/h2-9,17H,24H2,1H3. The van der Waals surface area contributed by atoms with E-state index in [0.29, 0.717) is 16.9 Å². The molecule has 27 heavy (non-hydrogen) atoms. The molecule has 0 saturated heterocycles. The van der Waals surface area contributed by atoms with Gasteiger partial charge in [-0.05, 0) is 31.2 Å². The summed E-state index contributed by atoms with van der Waals surface area (Å²) in [5, 5.41) is 14.0. The van der Waals surface area contributed by atoms with Crippen LogP contribution in [0.5, 0.6) is 5.88 Å². The summed E-state index contributed by atoms with van der Waals surface area (Å²) in [6.45, 7) is 1.70. The number of nitrogens with zero attached hydrogens (tertiary/aromatic N) is 3. The summed E-state index contributed by atoms with van der Waals surface area (Å²) in [4.78, 5) is 0. The molecule has 2 aromatic carbocycles. The summed E-state index contributed by atoms with van der Waals surface area (Å²) in [6, 6.07) is 14.6. The lowest BCUT2D eigenvalue weighted by atomic mass is 9.83. The Kier molecular flexibility index (Phi) is 3.89. The van der Waals surface area contributed by atoms with E-state index in [1.165, 1.54) is 10.7 Å². The molecule has 0 spiro atoms. The quantitative estimate of drug-likeness (QED) is 0.753. The first kappa shape index (κ1) is 16.8. The molecule has 0 bridgehead atoms. The van der Waals surface area contributed by atoms with Gasteiger partial charge in [-0.15, -0.1) is 0 Å². The maximum Gasteiger partial charge on any atom is 0.229 e. The third-order valence-electron chi connectivity index (χ3n) is 4.52. The molecule has 5 nitrogen and oxygen atoms in total. The summed E-state index contributed by atoms with van der Waals surface area (Å²) < 4.78 is 36.3. The van der Waals surface area contributed by atoms with Crippen LogP contribution in [0.3, 0.4) is 0 Å². The van der Waals surface area contributed by atoms with Crippen molar-refractivity contribution in [2.24, 2.45) is 5.73 Å². The topological polar surface area (TPSA) is 76.9 Å². The number of halogens is 2. The van der Waals surface area contributed by atoms with Crippen molar-refractivity contribution in [1.29, 1.82) is 5.26 Å². The molecular weight excluding hydrogens is 350 g/mol. The van der Waals surface area contributed by atoms with Crippen molar-refractivity contribution in [2.75, 3.05) is 0 Å². The molecule has 0 saturated carbocycles. The lowest BCUT2D eigenvalue weighted by molar-refractivity contribution is 0.365. The van der Waals surface area contributed by atoms with Crippen LogP contribution >= 0.6 is 0 Å². The SMILES string of the molecule is Cc1nn(-c2ccccc2)c2c1C(c1c(F)cccc1F)C(C#N)=C(N)O2. The summed E-state index contributed by atoms with van der Waals surface area (Å²) in [6.07, 6.45) is 0. The smallest absolute Gasteiger partial charge is 0.229 e. The molecule has 7 heteroatoms. The van der Waals surface area contributed by atoms with Crippen molar-refractivity contribution < 1.29 is 13.5 Å². The number of ether oxygens (including phenoxy) is 1. The van der Waals surface area contributed by atoms with Crippen LogP contribution in [-0.4, -0.2) is 9.78 Å². The van der Waals surface area contributed by atoms with Crippen LogP contribution in [0.15, 0.2) is 60.0 Å². The molecule has 0 fully saturated rings. The zero-order valence-electron chi connectivity index (χ0n) is 14.3. The number of hydrogen-bond acceptors (Lipinski definition) is 4. The largest absolute Gasteiger partial charge is 0.422 e. The normalized spacial score (nSPS) is 15.9. The third kappa shape index (κ3) is 2.54. The Bertz CT molecular complexity index is 1090. The van der Waals surface area contributed by atoms with E-state index < -0.39 is 17.6 Å². The van der Waals surface area contributed by atoms with Crippen molar-refractivity contribution >= 4 is 0 Å². The third-order valence-corrected chi connectivity index (χ3v) is 4.52. The number of nitriles is 1. The number of nitrogens with two attached hydrogens (primary N) is 1. The summed E-state index contributed by atoms with van der Waals surface area (Å²) >= 11 is 0. The van der Waals surface area contributed by atoms with E-state index in [1.54, 1.807) is 6.92 Å². The predicted octanol–water partition coefficient (Wildman–Crippen LogP) is 3.68. The molecule has 2 heterocycles. The van der Waals surface area contributed by atoms with Gasteiger partial charge in [-0.3, -0.25) is 0 Å². The number of hydrogen-bond donors (Lipinski definition) is 1. The van der Waals surface area contributed by atoms with Gasteiger partial charge < -0.3 is 10.5 Å². The van der Waals surface area contributed by atoms with Crippen LogP contribution in [-0.2, 0) is 0 Å². The summed E-state index contributed by atoms with van der Waals surface area (Å²) in [5.74, 6) is -2.53. The second kappa shape index (κ2) is 6.25. The molecular formula is C20H14F2N4O. The number of rotatable bonds is 2. The second-order valence-electron chi connectivity index (χ2n) is 6.11. The van der Waals surface area contributed by atoms with Gasteiger partial charge in [0.2, 0.25) is 11.8 Å². The molecule has 1 aliphatic heterocycles. The Balaban J connectivity index is 2.02. The summed E-state index contributed by atoms with van der Waals surface area (Å²) in [5.41, 5.74) is 7.23. The molecule has 0 aliphatic carbocycles. The van der Waals surface area contributed by atoms with E-state index in [9.17, 15) is 14.0 Å². The lowest BCUT2D eigenvalue weighted by Crippen LogP contribution is -2.23. The van der Waals surface area contributed by atoms with E-state index in [-0.39, 0.29) is 22.9 Å². The minimum absolute atomic E-state index is 0.0535. The van der Waals surface area contributed by atoms with Gasteiger partial charge in [0.25, 0.3) is 0 Å². The maximum atomic E-state index is 14.5. The zero-order valence-corrected chi connectivity index (χ0v) is 14.3. The number of allylic oxidation sites excluding steroid dienone is 1. The highest BCUT2D eigenvalue weighted by Crippen LogP contribution is 2.45. The minimum Gasteiger partial charge on any atom is -0.422 e. The Morgan fingerprint density at radius 3 is 2.37 bits per heavy atom. The zero-order chi connectivity index (χ0) is 19.1. The van der Waals surface area contributed by atoms with Crippen LogP contribution in [0.25, 0.3) is 5.69 Å². The first-order valence-corrected chi connectivity index (χ1v) is 8.19. The van der Waals surface area contributed by atoms with Crippen LogP contribution in [0.2, 0.25) is 0 Å².